The third-order valence-corrected chi connectivity index (χ3v) is 3.03. The van der Waals surface area contributed by atoms with Crippen LogP contribution in [0.1, 0.15) is 23.3 Å². The Labute approximate surface area is 64.9 Å². The summed E-state index contributed by atoms with van der Waals surface area (Å²) in [5.74, 6) is 0. The molecule has 0 aromatic carbocycles. The number of thiophene rings is 1. The molecule has 0 unspecified atom stereocenters. The fourth-order valence-corrected chi connectivity index (χ4v) is 2.11. The Morgan fingerprint density at radius 2 is 2.30 bits per heavy atom. The van der Waals surface area contributed by atoms with Crippen LogP contribution in [0.25, 0.3) is 0 Å². The Bertz CT molecular complexity index is 248. The molecule has 1 fully saturated rings. The van der Waals surface area contributed by atoms with Crippen LogP contribution in [0.4, 0.5) is 0 Å². The summed E-state index contributed by atoms with van der Waals surface area (Å²) >= 11 is 1.79. The van der Waals surface area contributed by atoms with Crippen LogP contribution in [0.2, 0.25) is 0 Å². The van der Waals surface area contributed by atoms with Gasteiger partial charge in [0, 0.05) is 10.4 Å². The van der Waals surface area contributed by atoms with Gasteiger partial charge in [-0.05, 0) is 36.8 Å². The van der Waals surface area contributed by atoms with Crippen LogP contribution in [0.5, 0.6) is 0 Å². The monoisotopic (exact) mass is 153 g/mol. The van der Waals surface area contributed by atoms with Crippen molar-refractivity contribution in [2.75, 3.05) is 0 Å². The van der Waals surface area contributed by atoms with E-state index >= 15 is 0 Å². The lowest BCUT2D eigenvalue weighted by Gasteiger charge is -2.06. The molecule has 0 amide bonds. The van der Waals surface area contributed by atoms with Crippen molar-refractivity contribution in [3.8, 4) is 0 Å². The number of aryl methyl sites for hydroxylation is 1. The second kappa shape index (κ2) is 1.83. The van der Waals surface area contributed by atoms with Gasteiger partial charge in [0.25, 0.3) is 0 Å². The Hall–Kier alpha value is -0.340. The molecule has 1 aromatic rings. The van der Waals surface area contributed by atoms with Gasteiger partial charge in [0.2, 0.25) is 0 Å². The van der Waals surface area contributed by atoms with Gasteiger partial charge in [-0.15, -0.1) is 11.3 Å². The largest absolute Gasteiger partial charge is 0.321 e. The second-order valence-electron chi connectivity index (χ2n) is 3.05. The molecule has 1 nitrogen and oxygen atoms in total. The van der Waals surface area contributed by atoms with Gasteiger partial charge in [0.15, 0.2) is 0 Å². The molecule has 0 aliphatic heterocycles. The highest BCUT2D eigenvalue weighted by atomic mass is 32.1. The average Bonchev–Trinajstić information content (AvgIpc) is 2.44. The van der Waals surface area contributed by atoms with Gasteiger partial charge in [-0.3, -0.25) is 0 Å². The fourth-order valence-electron chi connectivity index (χ4n) is 1.31. The molecular weight excluding hydrogens is 142 g/mol. The summed E-state index contributed by atoms with van der Waals surface area (Å²) in [6.07, 6.45) is 2.34. The van der Waals surface area contributed by atoms with Gasteiger partial charge < -0.3 is 5.73 Å². The third kappa shape index (κ3) is 0.796. The Kier molecular flexibility index (Phi) is 1.17. The molecule has 0 atom stereocenters. The molecule has 1 saturated carbocycles. The maximum atomic E-state index is 6.02. The normalized spacial score (nSPS) is 21.0. The van der Waals surface area contributed by atoms with E-state index in [1.54, 1.807) is 11.3 Å². The summed E-state index contributed by atoms with van der Waals surface area (Å²) < 4.78 is 0. The lowest BCUT2D eigenvalue weighted by atomic mass is 10.1. The van der Waals surface area contributed by atoms with Crippen LogP contribution in [0, 0.1) is 6.92 Å². The highest BCUT2D eigenvalue weighted by molar-refractivity contribution is 7.10. The average molecular weight is 153 g/mol. The zero-order valence-corrected chi connectivity index (χ0v) is 6.87. The van der Waals surface area contributed by atoms with Gasteiger partial charge >= 0.3 is 0 Å². The highest BCUT2D eigenvalue weighted by Crippen LogP contribution is 2.45. The molecule has 1 aromatic heterocycles. The molecule has 1 heterocycles. The van der Waals surface area contributed by atoms with Gasteiger partial charge in [0.05, 0.1) is 0 Å². The van der Waals surface area contributed by atoms with E-state index in [-0.39, 0.29) is 5.54 Å². The zero-order chi connectivity index (χ0) is 7.19. The highest BCUT2D eigenvalue weighted by Gasteiger charge is 2.41. The van der Waals surface area contributed by atoms with Crippen LogP contribution >= 0.6 is 11.3 Å². The summed E-state index contributed by atoms with van der Waals surface area (Å²) in [6, 6.07) is 2.16. The molecule has 2 N–H and O–H groups in total. The van der Waals surface area contributed by atoms with Crippen molar-refractivity contribution in [3.63, 3.8) is 0 Å². The van der Waals surface area contributed by atoms with E-state index in [1.165, 1.54) is 23.3 Å². The summed E-state index contributed by atoms with van der Waals surface area (Å²) in [6.45, 7) is 2.15. The Balaban J connectivity index is 2.42. The standard InChI is InChI=1S/C8H11NS/c1-6-7(2-5-10-6)8(9)3-4-8/h2,5H,3-4,9H2,1H3. The first-order valence-electron chi connectivity index (χ1n) is 3.56. The zero-order valence-electron chi connectivity index (χ0n) is 6.05. The van der Waals surface area contributed by atoms with Gasteiger partial charge in [-0.25, -0.2) is 0 Å². The minimum atomic E-state index is 0.0735. The van der Waals surface area contributed by atoms with E-state index in [9.17, 15) is 0 Å². The van der Waals surface area contributed by atoms with E-state index in [1.807, 2.05) is 0 Å². The molecule has 0 spiro atoms. The van der Waals surface area contributed by atoms with Crippen LogP contribution < -0.4 is 5.73 Å². The van der Waals surface area contributed by atoms with E-state index < -0.39 is 0 Å². The maximum absolute atomic E-state index is 6.02. The van der Waals surface area contributed by atoms with Crippen LogP contribution in [0.15, 0.2) is 11.4 Å². The van der Waals surface area contributed by atoms with E-state index in [2.05, 4.69) is 18.4 Å². The van der Waals surface area contributed by atoms with Crippen molar-refractivity contribution in [1.29, 1.82) is 0 Å². The number of hydrogen-bond acceptors (Lipinski definition) is 2. The summed E-state index contributed by atoms with van der Waals surface area (Å²) in [5.41, 5.74) is 7.47. The van der Waals surface area contributed by atoms with E-state index in [0.717, 1.165) is 0 Å². The van der Waals surface area contributed by atoms with E-state index in [4.69, 9.17) is 5.73 Å². The molecule has 0 radical (unpaired) electrons. The molecule has 10 heavy (non-hydrogen) atoms. The first kappa shape index (κ1) is 6.38. The number of nitrogens with two attached hydrogens (primary N) is 1. The molecule has 2 heteroatoms. The molecular formula is C8H11NS. The SMILES string of the molecule is Cc1sccc1C1(N)CC1. The molecule has 2 rings (SSSR count). The maximum Gasteiger partial charge on any atom is 0.0422 e. The van der Waals surface area contributed by atoms with E-state index in [0.29, 0.717) is 0 Å². The molecule has 0 bridgehead atoms. The summed E-state index contributed by atoms with van der Waals surface area (Å²) in [4.78, 5) is 1.39. The smallest absolute Gasteiger partial charge is 0.0422 e. The lowest BCUT2D eigenvalue weighted by molar-refractivity contribution is 0.739. The predicted octanol–water partition coefficient (Wildman–Crippen LogP) is 2.00. The lowest BCUT2D eigenvalue weighted by Crippen LogP contribution is -2.18. The Morgan fingerprint density at radius 3 is 2.70 bits per heavy atom. The van der Waals surface area contributed by atoms with Gasteiger partial charge in [0.1, 0.15) is 0 Å². The van der Waals surface area contributed by atoms with Crippen molar-refractivity contribution >= 4 is 11.3 Å². The predicted molar refractivity (Wildman–Crippen MR) is 44.2 cm³/mol. The first-order chi connectivity index (χ1) is 4.72. The molecule has 0 saturated heterocycles. The van der Waals surface area contributed by atoms with Gasteiger partial charge in [-0.2, -0.15) is 0 Å². The van der Waals surface area contributed by atoms with Crippen molar-refractivity contribution in [2.24, 2.45) is 5.73 Å². The quantitative estimate of drug-likeness (QED) is 0.656. The molecule has 54 valence electrons. The second-order valence-corrected chi connectivity index (χ2v) is 4.17. The number of hydrogen-bond donors (Lipinski definition) is 1. The molecule has 1 aliphatic rings. The minimum absolute atomic E-state index is 0.0735. The summed E-state index contributed by atoms with van der Waals surface area (Å²) in [7, 11) is 0. The van der Waals surface area contributed by atoms with Crippen molar-refractivity contribution in [2.45, 2.75) is 25.3 Å². The first-order valence-corrected chi connectivity index (χ1v) is 4.44. The Morgan fingerprint density at radius 1 is 1.60 bits per heavy atom. The fraction of sp³-hybridized carbons (Fsp3) is 0.500. The van der Waals surface area contributed by atoms with Crippen molar-refractivity contribution < 1.29 is 0 Å². The van der Waals surface area contributed by atoms with Crippen LogP contribution in [-0.2, 0) is 5.54 Å². The minimum Gasteiger partial charge on any atom is -0.321 e. The van der Waals surface area contributed by atoms with Crippen molar-refractivity contribution in [3.05, 3.63) is 21.9 Å². The van der Waals surface area contributed by atoms with Crippen molar-refractivity contribution in [1.82, 2.24) is 0 Å². The van der Waals surface area contributed by atoms with Crippen LogP contribution in [-0.4, -0.2) is 0 Å². The number of rotatable bonds is 1. The van der Waals surface area contributed by atoms with Gasteiger partial charge in [-0.1, -0.05) is 0 Å². The third-order valence-electron chi connectivity index (χ3n) is 2.18. The molecule has 1 aliphatic carbocycles. The topological polar surface area (TPSA) is 26.0 Å². The summed E-state index contributed by atoms with van der Waals surface area (Å²) in [5, 5.41) is 2.12. The van der Waals surface area contributed by atoms with Crippen LogP contribution in [0.3, 0.4) is 0 Å².